The summed E-state index contributed by atoms with van der Waals surface area (Å²) in [4.78, 5) is 72.9. The average molecular weight is 1030 g/mol. The van der Waals surface area contributed by atoms with E-state index in [1.54, 1.807) is 39.7 Å². The van der Waals surface area contributed by atoms with Gasteiger partial charge in [0, 0.05) is 33.6 Å². The molecule has 2 aromatic carbocycles. The van der Waals surface area contributed by atoms with E-state index in [1.165, 1.54) is 6.20 Å². The molecule has 2 aliphatic rings. The fourth-order valence-corrected chi connectivity index (χ4v) is 11.2. The lowest BCUT2D eigenvalue weighted by molar-refractivity contribution is -0.144. The molecule has 19 heteroatoms. The van der Waals surface area contributed by atoms with E-state index < -0.39 is 35.6 Å². The fourth-order valence-electron chi connectivity index (χ4n) is 9.01. The highest BCUT2D eigenvalue weighted by Gasteiger charge is 2.44. The van der Waals surface area contributed by atoms with Crippen LogP contribution in [0.15, 0.2) is 77.4 Å². The number of aryl methyl sites for hydroxylation is 3. The van der Waals surface area contributed by atoms with Gasteiger partial charge in [0.2, 0.25) is 23.6 Å². The molecule has 6 aromatic rings. The number of carbonyl (C=O) groups is 4. The quantitative estimate of drug-likeness (QED) is 0.0845. The highest BCUT2D eigenvalue weighted by atomic mass is 35.5. The van der Waals surface area contributed by atoms with Crippen molar-refractivity contribution in [3.8, 4) is 27.1 Å². The summed E-state index contributed by atoms with van der Waals surface area (Å²) in [6.45, 7) is 19.6. The predicted octanol–water partition coefficient (Wildman–Crippen LogP) is 8.62. The Morgan fingerprint density at radius 1 is 0.903 bits per heavy atom. The van der Waals surface area contributed by atoms with E-state index in [0.29, 0.717) is 41.3 Å². The maximum atomic E-state index is 14.3. The van der Waals surface area contributed by atoms with Crippen LogP contribution in [0.3, 0.4) is 0 Å². The van der Waals surface area contributed by atoms with E-state index in [1.807, 2.05) is 114 Å². The molecule has 16 nitrogen and oxygen atoms in total. The van der Waals surface area contributed by atoms with E-state index >= 15 is 0 Å². The number of benzene rings is 2. The van der Waals surface area contributed by atoms with Crippen LogP contribution < -0.4 is 25.4 Å². The number of thiophene rings is 1. The summed E-state index contributed by atoms with van der Waals surface area (Å²) in [7, 11) is 0. The predicted molar refractivity (Wildman–Crippen MR) is 280 cm³/mol. The molecule has 0 bridgehead atoms. The molecule has 0 spiro atoms. The van der Waals surface area contributed by atoms with Crippen molar-refractivity contribution in [3.63, 3.8) is 0 Å². The van der Waals surface area contributed by atoms with Crippen LogP contribution in [0.5, 0.6) is 11.6 Å². The van der Waals surface area contributed by atoms with Gasteiger partial charge in [0.25, 0.3) is 5.91 Å². The van der Waals surface area contributed by atoms with Crippen molar-refractivity contribution in [2.24, 2.45) is 16.3 Å². The van der Waals surface area contributed by atoms with Gasteiger partial charge < -0.3 is 30.3 Å². The van der Waals surface area contributed by atoms with Crippen LogP contribution in [0.2, 0.25) is 5.02 Å². The number of fused-ring (bicyclic) bond motifs is 3. The van der Waals surface area contributed by atoms with Gasteiger partial charge in [-0.25, -0.2) is 9.97 Å². The van der Waals surface area contributed by atoms with Crippen LogP contribution in [-0.2, 0) is 19.2 Å². The number of aliphatic imine (C=N–C) groups is 1. The SMILES string of the molecule is Cc1ncsc1-c1ccc([C@H](C)NC(=O)[C@@H]2C[C@@H](C)CN2C(=O)[C@@H](NC(=O)COc2ccc(O[C@@H](C)CNC(=O)CC3N=C(c4ccc(Cl)cc4)c4c(sc(C)c4C)-n4c(C)nnc43)nc2)C(C)(C)C)cc1. The minimum atomic E-state index is -0.927. The van der Waals surface area contributed by atoms with Crippen molar-refractivity contribution >= 4 is 63.6 Å². The smallest absolute Gasteiger partial charge is 0.258 e. The van der Waals surface area contributed by atoms with Crippen LogP contribution in [0.25, 0.3) is 15.4 Å². The fraction of sp³-hybridized carbons (Fsp3) is 0.415. The molecular weight excluding hydrogens is 972 g/mol. The second kappa shape index (κ2) is 21.7. The molecule has 1 unspecified atom stereocenters. The summed E-state index contributed by atoms with van der Waals surface area (Å²) in [5, 5.41) is 19.5. The summed E-state index contributed by atoms with van der Waals surface area (Å²) in [5.41, 5.74) is 7.88. The molecule has 1 saturated heterocycles. The average Bonchev–Trinajstić information content (AvgIpc) is 4.11. The van der Waals surface area contributed by atoms with Gasteiger partial charge in [-0.2, -0.15) is 0 Å². The van der Waals surface area contributed by atoms with E-state index in [4.69, 9.17) is 26.1 Å². The Labute approximate surface area is 433 Å². The van der Waals surface area contributed by atoms with Crippen molar-refractivity contribution in [1.82, 2.24) is 45.6 Å². The molecule has 4 aromatic heterocycles. The Balaban J connectivity index is 0.828. The number of hydrogen-bond donors (Lipinski definition) is 3. The number of amides is 4. The number of halogens is 1. The largest absolute Gasteiger partial charge is 0.482 e. The standard InChI is InChI=1S/C53H61ClN10O6S2/c1-28-21-41(50(67)58-31(4)35-11-13-37(14-12-35)47-32(5)57-27-71-47)63(25-28)51(68)48(53(8,9)10)60-43(66)26-69-39-19-20-44(56-24-39)70-29(2)23-55-42(65)22-40-49-62-61-34(7)64(49)52-45(30(3)33(6)72-52)46(59-40)36-15-17-38(54)18-16-36/h11-20,24,27-29,31,40-41,48H,21-23,25-26H2,1-10H3,(H,55,65)(H,58,67)(H,60,66)/t28-,29+,31+,40?,41+,48-/m1/s1. The molecule has 6 atom stereocenters. The number of nitrogens with one attached hydrogen (secondary N) is 3. The first-order valence-electron chi connectivity index (χ1n) is 24.0. The third kappa shape index (κ3) is 11.6. The Kier molecular flexibility index (Phi) is 15.6. The number of thiazole rings is 1. The number of nitrogens with zero attached hydrogens (tertiary/aromatic N) is 7. The van der Waals surface area contributed by atoms with E-state index in [-0.39, 0.29) is 49.3 Å². The minimum Gasteiger partial charge on any atom is -0.482 e. The summed E-state index contributed by atoms with van der Waals surface area (Å²) in [6, 6.07) is 16.3. The van der Waals surface area contributed by atoms with Gasteiger partial charge in [-0.3, -0.25) is 28.7 Å². The molecule has 0 radical (unpaired) electrons. The Morgan fingerprint density at radius 3 is 2.29 bits per heavy atom. The number of hydrogen-bond acceptors (Lipinski definition) is 13. The molecule has 6 heterocycles. The summed E-state index contributed by atoms with van der Waals surface area (Å²) < 4.78 is 13.8. The first-order valence-corrected chi connectivity index (χ1v) is 26.1. The summed E-state index contributed by atoms with van der Waals surface area (Å²) in [6.07, 6.45) is 1.51. The highest BCUT2D eigenvalue weighted by Crippen LogP contribution is 2.40. The molecule has 2 aliphatic heterocycles. The van der Waals surface area contributed by atoms with Gasteiger partial charge in [-0.05, 0) is 94.2 Å². The van der Waals surface area contributed by atoms with E-state index in [9.17, 15) is 19.2 Å². The molecule has 1 fully saturated rings. The lowest BCUT2D eigenvalue weighted by Gasteiger charge is -2.35. The molecule has 378 valence electrons. The normalized spacial score (nSPS) is 17.7. The summed E-state index contributed by atoms with van der Waals surface area (Å²) in [5.74, 6) is 0.684. The van der Waals surface area contributed by atoms with Gasteiger partial charge in [-0.1, -0.05) is 75.7 Å². The van der Waals surface area contributed by atoms with Crippen LogP contribution in [0, 0.1) is 39.0 Å². The van der Waals surface area contributed by atoms with Crippen molar-refractivity contribution in [2.75, 3.05) is 19.7 Å². The van der Waals surface area contributed by atoms with Gasteiger partial charge in [0.15, 0.2) is 12.4 Å². The molecule has 72 heavy (non-hydrogen) atoms. The van der Waals surface area contributed by atoms with Crippen molar-refractivity contribution in [1.29, 1.82) is 0 Å². The van der Waals surface area contributed by atoms with Crippen molar-refractivity contribution in [2.45, 2.75) is 112 Å². The van der Waals surface area contributed by atoms with Gasteiger partial charge in [-0.15, -0.1) is 32.9 Å². The van der Waals surface area contributed by atoms with Crippen LogP contribution in [-0.4, -0.2) is 96.9 Å². The molecule has 4 amide bonds. The van der Waals surface area contributed by atoms with Crippen LogP contribution in [0.1, 0.15) is 111 Å². The van der Waals surface area contributed by atoms with Crippen molar-refractivity contribution < 1.29 is 28.7 Å². The zero-order valence-corrected chi connectivity index (χ0v) is 44.6. The maximum absolute atomic E-state index is 14.3. The molecule has 0 saturated carbocycles. The topological polar surface area (TPSA) is 195 Å². The van der Waals surface area contributed by atoms with Crippen LogP contribution in [0.4, 0.5) is 0 Å². The number of rotatable bonds is 16. The Bertz CT molecular complexity index is 2980. The molecule has 8 rings (SSSR count). The molecule has 0 aliphatic carbocycles. The third-order valence-corrected chi connectivity index (χ3v) is 15.4. The number of likely N-dealkylation sites (tertiary alicyclic amines) is 1. The van der Waals surface area contributed by atoms with Gasteiger partial charge >= 0.3 is 0 Å². The Morgan fingerprint density at radius 2 is 1.62 bits per heavy atom. The lowest BCUT2D eigenvalue weighted by Crippen LogP contribution is -2.58. The van der Waals surface area contributed by atoms with Crippen molar-refractivity contribution in [3.05, 3.63) is 122 Å². The highest BCUT2D eigenvalue weighted by molar-refractivity contribution is 7.15. The van der Waals surface area contributed by atoms with Crippen LogP contribution >= 0.6 is 34.3 Å². The van der Waals surface area contributed by atoms with Gasteiger partial charge in [0.1, 0.15) is 40.8 Å². The van der Waals surface area contributed by atoms with E-state index in [0.717, 1.165) is 54.0 Å². The monoisotopic (exact) mass is 1030 g/mol. The summed E-state index contributed by atoms with van der Waals surface area (Å²) >= 11 is 9.50. The number of carbonyl (C=O) groups excluding carboxylic acids is 4. The minimum absolute atomic E-state index is 0.0253. The first kappa shape index (κ1) is 51.8. The zero-order chi connectivity index (χ0) is 51.6. The first-order chi connectivity index (χ1) is 34.2. The number of aromatic nitrogens is 5. The number of ether oxygens (including phenoxy) is 2. The van der Waals surface area contributed by atoms with E-state index in [2.05, 4.69) is 50.0 Å². The van der Waals surface area contributed by atoms with Gasteiger partial charge in [0.05, 0.1) is 47.0 Å². The molecular formula is C53H61ClN10O6S2. The second-order valence-electron chi connectivity index (χ2n) is 19.8. The second-order valence-corrected chi connectivity index (χ2v) is 22.3. The lowest BCUT2D eigenvalue weighted by atomic mass is 9.85. The zero-order valence-electron chi connectivity index (χ0n) is 42.2. The maximum Gasteiger partial charge on any atom is 0.258 e. The Hall–Kier alpha value is -6.50. The number of pyridine rings is 1. The molecule has 3 N–H and O–H groups in total. The third-order valence-electron chi connectivity index (χ3n) is 13.0.